The Hall–Kier alpha value is -1.39. The molecule has 0 bridgehead atoms. The van der Waals surface area contributed by atoms with Crippen LogP contribution < -0.4 is 11.3 Å². The van der Waals surface area contributed by atoms with Crippen molar-refractivity contribution in [1.29, 1.82) is 0 Å². The van der Waals surface area contributed by atoms with Crippen LogP contribution >= 0.6 is 0 Å². The van der Waals surface area contributed by atoms with Crippen LogP contribution in [-0.4, -0.2) is 18.6 Å². The van der Waals surface area contributed by atoms with E-state index >= 15 is 0 Å². The summed E-state index contributed by atoms with van der Waals surface area (Å²) in [6, 6.07) is 8.36. The van der Waals surface area contributed by atoms with Crippen molar-refractivity contribution in [2.24, 2.45) is 5.84 Å². The van der Waals surface area contributed by atoms with Crippen LogP contribution in [0.3, 0.4) is 0 Å². The minimum absolute atomic E-state index is 0.0450. The average Bonchev–Trinajstić information content (AvgIpc) is 2.35. The van der Waals surface area contributed by atoms with Gasteiger partial charge in [-0.25, -0.2) is 5.84 Å². The third-order valence-electron chi connectivity index (χ3n) is 2.91. The van der Waals surface area contributed by atoms with Crippen LogP contribution in [0, 0.1) is 0 Å². The Bertz CT molecular complexity index is 379. The molecular weight excluding hydrogens is 204 g/mol. The van der Waals surface area contributed by atoms with Crippen LogP contribution in [0.1, 0.15) is 17.5 Å². The fourth-order valence-electron chi connectivity index (χ4n) is 2.04. The molecule has 1 aliphatic carbocycles. The number of hydrazine groups is 1. The molecule has 1 aliphatic rings. The molecule has 4 heteroatoms. The van der Waals surface area contributed by atoms with Crippen molar-refractivity contribution in [2.75, 3.05) is 6.61 Å². The Balaban J connectivity index is 1.90. The van der Waals surface area contributed by atoms with Gasteiger partial charge in [0.25, 0.3) is 5.91 Å². The molecule has 16 heavy (non-hydrogen) atoms. The van der Waals surface area contributed by atoms with Gasteiger partial charge in [0.2, 0.25) is 0 Å². The van der Waals surface area contributed by atoms with E-state index in [-0.39, 0.29) is 18.6 Å². The van der Waals surface area contributed by atoms with E-state index in [0.717, 1.165) is 19.3 Å². The number of carbonyl (C=O) groups excluding carboxylic acids is 1. The summed E-state index contributed by atoms with van der Waals surface area (Å²) < 4.78 is 5.50. The molecule has 3 N–H and O–H groups in total. The number of rotatable bonds is 3. The molecule has 0 saturated heterocycles. The molecule has 4 nitrogen and oxygen atoms in total. The van der Waals surface area contributed by atoms with Crippen molar-refractivity contribution in [3.63, 3.8) is 0 Å². The number of nitrogens with one attached hydrogen (secondary N) is 1. The number of aryl methyl sites for hydroxylation is 1. The van der Waals surface area contributed by atoms with Crippen LogP contribution in [0.5, 0.6) is 0 Å². The van der Waals surface area contributed by atoms with Crippen molar-refractivity contribution >= 4 is 5.91 Å². The monoisotopic (exact) mass is 220 g/mol. The Morgan fingerprint density at radius 3 is 2.94 bits per heavy atom. The lowest BCUT2D eigenvalue weighted by Crippen LogP contribution is -2.35. The minimum atomic E-state index is -0.279. The van der Waals surface area contributed by atoms with Gasteiger partial charge in [0.1, 0.15) is 6.61 Å². The predicted molar refractivity (Wildman–Crippen MR) is 60.5 cm³/mol. The van der Waals surface area contributed by atoms with Gasteiger partial charge in [0.15, 0.2) is 0 Å². The molecule has 1 unspecified atom stereocenters. The van der Waals surface area contributed by atoms with E-state index in [1.165, 1.54) is 11.1 Å². The molecule has 0 spiro atoms. The molecule has 1 aromatic rings. The summed E-state index contributed by atoms with van der Waals surface area (Å²) in [4.78, 5) is 10.9. The lowest BCUT2D eigenvalue weighted by atomic mass is 9.90. The van der Waals surface area contributed by atoms with Gasteiger partial charge in [-0.2, -0.15) is 0 Å². The van der Waals surface area contributed by atoms with Gasteiger partial charge in [-0.1, -0.05) is 24.3 Å². The van der Waals surface area contributed by atoms with Gasteiger partial charge >= 0.3 is 0 Å². The fraction of sp³-hybridized carbons (Fsp3) is 0.417. The maximum Gasteiger partial charge on any atom is 0.259 e. The first-order valence-corrected chi connectivity index (χ1v) is 5.47. The number of nitrogens with two attached hydrogens (primary N) is 1. The zero-order valence-corrected chi connectivity index (χ0v) is 9.11. The standard InChI is InChI=1S/C12H16N2O2/c13-14-12(15)8-16-11-6-5-9-3-1-2-4-10(9)7-11/h1-4,11H,5-8,13H2,(H,14,15). The van der Waals surface area contributed by atoms with E-state index in [1.54, 1.807) is 0 Å². The van der Waals surface area contributed by atoms with E-state index in [2.05, 4.69) is 23.6 Å². The van der Waals surface area contributed by atoms with E-state index in [4.69, 9.17) is 10.6 Å². The molecule has 0 aromatic heterocycles. The number of benzene rings is 1. The molecule has 1 atom stereocenters. The molecule has 0 saturated carbocycles. The second-order valence-corrected chi connectivity index (χ2v) is 4.01. The number of ether oxygens (including phenoxy) is 1. The van der Waals surface area contributed by atoms with Gasteiger partial charge in [0.05, 0.1) is 6.10 Å². The summed E-state index contributed by atoms with van der Waals surface area (Å²) in [7, 11) is 0. The lowest BCUT2D eigenvalue weighted by Gasteiger charge is -2.24. The topological polar surface area (TPSA) is 64.3 Å². The van der Waals surface area contributed by atoms with Crippen molar-refractivity contribution in [1.82, 2.24) is 5.43 Å². The van der Waals surface area contributed by atoms with Crippen molar-refractivity contribution in [3.8, 4) is 0 Å². The maximum absolute atomic E-state index is 10.9. The summed E-state index contributed by atoms with van der Waals surface area (Å²) in [5.41, 5.74) is 4.78. The van der Waals surface area contributed by atoms with Crippen molar-refractivity contribution < 1.29 is 9.53 Å². The largest absolute Gasteiger partial charge is 0.368 e. The number of carbonyl (C=O) groups is 1. The van der Waals surface area contributed by atoms with Crippen LogP contribution in [0.25, 0.3) is 0 Å². The number of amides is 1. The third-order valence-corrected chi connectivity index (χ3v) is 2.91. The summed E-state index contributed by atoms with van der Waals surface area (Å²) in [6.45, 7) is 0.0450. The summed E-state index contributed by atoms with van der Waals surface area (Å²) in [5, 5.41) is 0. The SMILES string of the molecule is NNC(=O)COC1CCc2ccccc2C1. The van der Waals surface area contributed by atoms with Gasteiger partial charge in [-0.3, -0.25) is 10.2 Å². The highest BCUT2D eigenvalue weighted by molar-refractivity contribution is 5.76. The minimum Gasteiger partial charge on any atom is -0.368 e. The average molecular weight is 220 g/mol. The van der Waals surface area contributed by atoms with Crippen LogP contribution in [0.15, 0.2) is 24.3 Å². The highest BCUT2D eigenvalue weighted by Gasteiger charge is 2.19. The van der Waals surface area contributed by atoms with Gasteiger partial charge < -0.3 is 4.74 Å². The zero-order valence-electron chi connectivity index (χ0n) is 9.11. The van der Waals surface area contributed by atoms with Crippen LogP contribution in [0.4, 0.5) is 0 Å². The highest BCUT2D eigenvalue weighted by atomic mass is 16.5. The molecule has 2 rings (SSSR count). The second kappa shape index (κ2) is 5.09. The van der Waals surface area contributed by atoms with E-state index in [0.29, 0.717) is 0 Å². The molecule has 0 fully saturated rings. The van der Waals surface area contributed by atoms with Gasteiger partial charge in [-0.05, 0) is 30.4 Å². The summed E-state index contributed by atoms with van der Waals surface area (Å²) >= 11 is 0. The molecule has 1 aromatic carbocycles. The van der Waals surface area contributed by atoms with E-state index in [1.807, 2.05) is 6.07 Å². The van der Waals surface area contributed by atoms with Crippen LogP contribution in [-0.2, 0) is 22.4 Å². The van der Waals surface area contributed by atoms with Crippen molar-refractivity contribution in [3.05, 3.63) is 35.4 Å². The van der Waals surface area contributed by atoms with E-state index < -0.39 is 0 Å². The number of hydrogen-bond acceptors (Lipinski definition) is 3. The first kappa shape index (κ1) is 11.1. The normalized spacial score (nSPS) is 18.9. The second-order valence-electron chi connectivity index (χ2n) is 4.01. The Morgan fingerprint density at radius 2 is 2.19 bits per heavy atom. The molecule has 86 valence electrons. The first-order chi connectivity index (χ1) is 7.79. The Kier molecular flexibility index (Phi) is 3.54. The Morgan fingerprint density at radius 1 is 1.44 bits per heavy atom. The molecule has 1 amide bonds. The van der Waals surface area contributed by atoms with Crippen LogP contribution in [0.2, 0.25) is 0 Å². The summed E-state index contributed by atoms with van der Waals surface area (Å²) in [6.07, 6.45) is 3.00. The molecule has 0 heterocycles. The smallest absolute Gasteiger partial charge is 0.259 e. The van der Waals surface area contributed by atoms with E-state index in [9.17, 15) is 4.79 Å². The molecule has 0 radical (unpaired) electrons. The first-order valence-electron chi connectivity index (χ1n) is 5.47. The lowest BCUT2D eigenvalue weighted by molar-refractivity contribution is -0.128. The predicted octanol–water partition coefficient (Wildman–Crippen LogP) is 0.550. The zero-order chi connectivity index (χ0) is 11.4. The molecule has 0 aliphatic heterocycles. The number of fused-ring (bicyclic) bond motifs is 1. The Labute approximate surface area is 94.8 Å². The van der Waals surface area contributed by atoms with Gasteiger partial charge in [0, 0.05) is 0 Å². The highest BCUT2D eigenvalue weighted by Crippen LogP contribution is 2.22. The summed E-state index contributed by atoms with van der Waals surface area (Å²) in [5.74, 6) is 4.71. The quantitative estimate of drug-likeness (QED) is 0.444. The molecular formula is C12H16N2O2. The number of hydrogen-bond donors (Lipinski definition) is 2. The maximum atomic E-state index is 10.9. The fourth-order valence-corrected chi connectivity index (χ4v) is 2.04. The third kappa shape index (κ3) is 2.59. The van der Waals surface area contributed by atoms with Gasteiger partial charge in [-0.15, -0.1) is 0 Å². The van der Waals surface area contributed by atoms with Crippen molar-refractivity contribution in [2.45, 2.75) is 25.4 Å².